The lowest BCUT2D eigenvalue weighted by atomic mass is 10.1. The molecule has 0 heterocycles. The Morgan fingerprint density at radius 3 is 2.54 bits per heavy atom. The fraction of sp³-hybridized carbons (Fsp3) is 0.211. The van der Waals surface area contributed by atoms with E-state index >= 15 is 0 Å². The van der Waals surface area contributed by atoms with Crippen molar-refractivity contribution in [2.45, 2.75) is 13.3 Å². The van der Waals surface area contributed by atoms with Gasteiger partial charge in [0.25, 0.3) is 11.8 Å². The largest absolute Gasteiger partial charge is 0.376 e. The van der Waals surface area contributed by atoms with Crippen LogP contribution in [-0.2, 0) is 4.79 Å². The van der Waals surface area contributed by atoms with E-state index in [4.69, 9.17) is 5.73 Å². The summed E-state index contributed by atoms with van der Waals surface area (Å²) in [5, 5.41) is 8.39. The molecule has 26 heavy (non-hydrogen) atoms. The zero-order valence-corrected chi connectivity index (χ0v) is 14.5. The number of primary amides is 1. The van der Waals surface area contributed by atoms with Crippen LogP contribution in [-0.4, -0.2) is 30.8 Å². The van der Waals surface area contributed by atoms with E-state index in [1.54, 1.807) is 48.5 Å². The molecular weight excluding hydrogens is 332 g/mol. The average molecular weight is 354 g/mol. The van der Waals surface area contributed by atoms with Crippen LogP contribution in [0.1, 0.15) is 34.1 Å². The summed E-state index contributed by atoms with van der Waals surface area (Å²) in [6.45, 7) is 2.52. The van der Waals surface area contributed by atoms with Gasteiger partial charge in [-0.3, -0.25) is 14.4 Å². The van der Waals surface area contributed by atoms with Gasteiger partial charge >= 0.3 is 0 Å². The van der Waals surface area contributed by atoms with E-state index in [9.17, 15) is 14.4 Å². The smallest absolute Gasteiger partial charge is 0.251 e. The fourth-order valence-electron chi connectivity index (χ4n) is 2.31. The van der Waals surface area contributed by atoms with Crippen LogP contribution < -0.4 is 21.7 Å². The molecule has 0 saturated carbocycles. The molecule has 0 unspecified atom stereocenters. The van der Waals surface area contributed by atoms with E-state index in [1.165, 1.54) is 0 Å². The Kier molecular flexibility index (Phi) is 6.73. The number of para-hydroxylation sites is 1. The third-order valence-electron chi connectivity index (χ3n) is 3.58. The van der Waals surface area contributed by atoms with E-state index < -0.39 is 5.91 Å². The number of hydrogen-bond acceptors (Lipinski definition) is 4. The molecule has 2 rings (SSSR count). The van der Waals surface area contributed by atoms with E-state index in [1.807, 2.05) is 6.92 Å². The quantitative estimate of drug-likeness (QED) is 0.580. The van der Waals surface area contributed by atoms with Crippen molar-refractivity contribution in [1.82, 2.24) is 5.32 Å². The number of rotatable bonds is 8. The number of carbonyl (C=O) groups excluding carboxylic acids is 3. The fourth-order valence-corrected chi connectivity index (χ4v) is 2.31. The molecular formula is C19H22N4O3. The lowest BCUT2D eigenvalue weighted by molar-refractivity contribution is -0.114. The van der Waals surface area contributed by atoms with Crippen LogP contribution in [0.2, 0.25) is 0 Å². The summed E-state index contributed by atoms with van der Waals surface area (Å²) in [6, 6.07) is 13.4. The Morgan fingerprint density at radius 2 is 1.81 bits per heavy atom. The van der Waals surface area contributed by atoms with Gasteiger partial charge in [-0.15, -0.1) is 0 Å². The molecule has 0 aliphatic rings. The maximum absolute atomic E-state index is 12.1. The minimum absolute atomic E-state index is 0.0451. The lowest BCUT2D eigenvalue weighted by Crippen LogP contribution is -2.25. The summed E-state index contributed by atoms with van der Waals surface area (Å²) in [5.41, 5.74) is 7.10. The van der Waals surface area contributed by atoms with Crippen molar-refractivity contribution < 1.29 is 14.4 Å². The molecule has 0 bridgehead atoms. The Labute approximate surface area is 152 Å². The van der Waals surface area contributed by atoms with E-state index in [0.717, 1.165) is 6.42 Å². The first-order valence-electron chi connectivity index (χ1n) is 8.32. The molecule has 0 aromatic heterocycles. The second-order valence-corrected chi connectivity index (χ2v) is 5.65. The molecule has 0 fully saturated rings. The van der Waals surface area contributed by atoms with Crippen LogP contribution in [0.25, 0.3) is 0 Å². The highest BCUT2D eigenvalue weighted by Gasteiger charge is 2.10. The number of nitrogens with one attached hydrogen (secondary N) is 3. The number of amides is 3. The van der Waals surface area contributed by atoms with Gasteiger partial charge in [0.15, 0.2) is 0 Å². The number of nitrogens with two attached hydrogens (primary N) is 1. The molecule has 0 atom stereocenters. The van der Waals surface area contributed by atoms with Gasteiger partial charge in [0.05, 0.1) is 12.1 Å². The monoisotopic (exact) mass is 354 g/mol. The Hall–Kier alpha value is -3.35. The highest BCUT2D eigenvalue weighted by atomic mass is 16.2. The average Bonchev–Trinajstić information content (AvgIpc) is 2.64. The number of carbonyl (C=O) groups is 3. The molecule has 0 saturated heterocycles. The lowest BCUT2D eigenvalue weighted by Gasteiger charge is -2.11. The first-order chi connectivity index (χ1) is 12.5. The maximum Gasteiger partial charge on any atom is 0.251 e. The van der Waals surface area contributed by atoms with Crippen LogP contribution in [0.3, 0.4) is 0 Å². The van der Waals surface area contributed by atoms with Crippen molar-refractivity contribution in [2.24, 2.45) is 5.73 Å². The summed E-state index contributed by atoms with van der Waals surface area (Å²) >= 11 is 0. The Bertz CT molecular complexity index is 805. The molecule has 136 valence electrons. The van der Waals surface area contributed by atoms with Gasteiger partial charge in [0, 0.05) is 23.5 Å². The standard InChI is InChI=1S/C19H22N4O3/c1-2-10-21-19(26)13-6-5-7-14(11-13)23-17(24)12-22-16-9-4-3-8-15(16)18(20)25/h3-9,11,22H,2,10,12H2,1H3,(H2,20,25)(H,21,26)(H,23,24). The number of hydrogen-bond donors (Lipinski definition) is 4. The zero-order chi connectivity index (χ0) is 18.9. The van der Waals surface area contributed by atoms with Crippen molar-refractivity contribution >= 4 is 29.1 Å². The molecule has 5 N–H and O–H groups in total. The first kappa shape index (κ1) is 19.0. The van der Waals surface area contributed by atoms with E-state index in [0.29, 0.717) is 29.0 Å². The van der Waals surface area contributed by atoms with Crippen molar-refractivity contribution in [2.75, 3.05) is 23.7 Å². The molecule has 7 nitrogen and oxygen atoms in total. The van der Waals surface area contributed by atoms with Gasteiger partial charge < -0.3 is 21.7 Å². The number of benzene rings is 2. The minimum Gasteiger partial charge on any atom is -0.376 e. The molecule has 2 aromatic rings. The second kappa shape index (κ2) is 9.22. The third-order valence-corrected chi connectivity index (χ3v) is 3.58. The van der Waals surface area contributed by atoms with Gasteiger partial charge in [-0.1, -0.05) is 25.1 Å². The molecule has 0 aliphatic carbocycles. The zero-order valence-electron chi connectivity index (χ0n) is 14.5. The summed E-state index contributed by atoms with van der Waals surface area (Å²) in [4.78, 5) is 35.5. The van der Waals surface area contributed by atoms with Crippen molar-refractivity contribution in [3.63, 3.8) is 0 Å². The summed E-state index contributed by atoms with van der Waals surface area (Å²) in [5.74, 6) is -1.06. The van der Waals surface area contributed by atoms with Gasteiger partial charge in [0.2, 0.25) is 5.91 Å². The van der Waals surface area contributed by atoms with Crippen LogP contribution in [0, 0.1) is 0 Å². The van der Waals surface area contributed by atoms with Crippen molar-refractivity contribution in [1.29, 1.82) is 0 Å². The van der Waals surface area contributed by atoms with Crippen molar-refractivity contribution in [3.8, 4) is 0 Å². The van der Waals surface area contributed by atoms with Crippen molar-refractivity contribution in [3.05, 3.63) is 59.7 Å². The highest BCUT2D eigenvalue weighted by molar-refractivity contribution is 6.00. The highest BCUT2D eigenvalue weighted by Crippen LogP contribution is 2.14. The second-order valence-electron chi connectivity index (χ2n) is 5.65. The maximum atomic E-state index is 12.1. The first-order valence-corrected chi connectivity index (χ1v) is 8.32. The summed E-state index contributed by atoms with van der Waals surface area (Å²) in [7, 11) is 0. The number of anilines is 2. The summed E-state index contributed by atoms with van der Waals surface area (Å²) in [6.07, 6.45) is 0.848. The Morgan fingerprint density at radius 1 is 1.04 bits per heavy atom. The van der Waals surface area contributed by atoms with Gasteiger partial charge in [0.1, 0.15) is 0 Å². The topological polar surface area (TPSA) is 113 Å². The van der Waals surface area contributed by atoms with Gasteiger partial charge in [-0.05, 0) is 36.8 Å². The minimum atomic E-state index is -0.570. The predicted molar refractivity (Wildman–Crippen MR) is 101 cm³/mol. The predicted octanol–water partition coefficient (Wildman–Crippen LogP) is 1.98. The molecule has 0 aliphatic heterocycles. The van der Waals surface area contributed by atoms with Crippen LogP contribution >= 0.6 is 0 Å². The van der Waals surface area contributed by atoms with Gasteiger partial charge in [-0.25, -0.2) is 0 Å². The van der Waals surface area contributed by atoms with Crippen LogP contribution in [0.5, 0.6) is 0 Å². The van der Waals surface area contributed by atoms with E-state index in [-0.39, 0.29) is 18.4 Å². The van der Waals surface area contributed by atoms with Crippen LogP contribution in [0.15, 0.2) is 48.5 Å². The molecule has 3 amide bonds. The normalized spacial score (nSPS) is 10.0. The third kappa shape index (κ3) is 5.34. The molecule has 0 spiro atoms. The summed E-state index contributed by atoms with van der Waals surface area (Å²) < 4.78 is 0. The van der Waals surface area contributed by atoms with Crippen LogP contribution in [0.4, 0.5) is 11.4 Å². The SMILES string of the molecule is CCCNC(=O)c1cccc(NC(=O)CNc2ccccc2C(N)=O)c1. The van der Waals surface area contributed by atoms with Gasteiger partial charge in [-0.2, -0.15) is 0 Å². The Balaban J connectivity index is 1.96. The molecule has 7 heteroatoms. The molecule has 2 aromatic carbocycles. The molecule has 0 radical (unpaired) electrons. The van der Waals surface area contributed by atoms with E-state index in [2.05, 4.69) is 16.0 Å².